The van der Waals surface area contributed by atoms with E-state index in [-0.39, 0.29) is 5.82 Å². The van der Waals surface area contributed by atoms with Crippen LogP contribution in [-0.4, -0.2) is 21.3 Å². The Morgan fingerprint density at radius 2 is 1.91 bits per heavy atom. The molecular formula is C17H20FN3O. The van der Waals surface area contributed by atoms with Gasteiger partial charge in [0.1, 0.15) is 11.5 Å². The zero-order valence-corrected chi connectivity index (χ0v) is 12.5. The predicted octanol–water partition coefficient (Wildman–Crippen LogP) is 3.73. The first-order valence-corrected chi connectivity index (χ1v) is 7.93. The fourth-order valence-corrected chi connectivity index (χ4v) is 3.25. The molecule has 0 amide bonds. The molecule has 2 aromatic rings. The topological polar surface area (TPSA) is 47.8 Å². The molecule has 0 radical (unpaired) electrons. The highest BCUT2D eigenvalue weighted by Crippen LogP contribution is 2.28. The van der Waals surface area contributed by atoms with Crippen LogP contribution < -0.4 is 0 Å². The number of nitrogens with zero attached hydrogens (tertiary/aromatic N) is 3. The molecule has 22 heavy (non-hydrogen) atoms. The molecule has 0 saturated heterocycles. The van der Waals surface area contributed by atoms with Crippen LogP contribution >= 0.6 is 0 Å². The van der Waals surface area contributed by atoms with Crippen LogP contribution in [-0.2, 0) is 6.42 Å². The van der Waals surface area contributed by atoms with E-state index in [0.717, 1.165) is 36.4 Å². The standard InChI is InChI=1S/C17H20FN3O/c18-14-7-9-15(10-8-14)21-17(16(12-22)19-20-21)11-6-13-4-2-1-3-5-13/h7-10,12-13H,1-6,11H2. The molecule has 1 aliphatic rings. The molecule has 1 aliphatic carbocycles. The van der Waals surface area contributed by atoms with E-state index in [0.29, 0.717) is 5.69 Å². The highest BCUT2D eigenvalue weighted by atomic mass is 19.1. The summed E-state index contributed by atoms with van der Waals surface area (Å²) in [5, 5.41) is 8.01. The lowest BCUT2D eigenvalue weighted by Crippen LogP contribution is -2.10. The molecule has 1 aromatic carbocycles. The number of aromatic nitrogens is 3. The summed E-state index contributed by atoms with van der Waals surface area (Å²) in [7, 11) is 0. The van der Waals surface area contributed by atoms with Gasteiger partial charge < -0.3 is 0 Å². The first-order valence-electron chi connectivity index (χ1n) is 7.93. The van der Waals surface area contributed by atoms with Crippen molar-refractivity contribution in [1.29, 1.82) is 0 Å². The normalized spacial score (nSPS) is 15.9. The van der Waals surface area contributed by atoms with Crippen LogP contribution in [0.15, 0.2) is 24.3 Å². The molecule has 5 heteroatoms. The van der Waals surface area contributed by atoms with Gasteiger partial charge in [-0.1, -0.05) is 37.3 Å². The van der Waals surface area contributed by atoms with E-state index >= 15 is 0 Å². The quantitative estimate of drug-likeness (QED) is 0.791. The molecule has 0 aliphatic heterocycles. The third-order valence-electron chi connectivity index (χ3n) is 4.49. The Balaban J connectivity index is 1.80. The van der Waals surface area contributed by atoms with E-state index < -0.39 is 0 Å². The average molecular weight is 301 g/mol. The third-order valence-corrected chi connectivity index (χ3v) is 4.49. The van der Waals surface area contributed by atoms with Gasteiger partial charge in [0.05, 0.1) is 11.4 Å². The molecule has 1 saturated carbocycles. The second-order valence-electron chi connectivity index (χ2n) is 5.97. The Kier molecular flexibility index (Phi) is 4.61. The predicted molar refractivity (Wildman–Crippen MR) is 81.6 cm³/mol. The zero-order valence-electron chi connectivity index (χ0n) is 12.5. The van der Waals surface area contributed by atoms with E-state index in [1.807, 2.05) is 0 Å². The number of rotatable bonds is 5. The van der Waals surface area contributed by atoms with Gasteiger partial charge in [-0.15, -0.1) is 5.10 Å². The molecule has 0 N–H and O–H groups in total. The van der Waals surface area contributed by atoms with E-state index in [4.69, 9.17) is 0 Å². The van der Waals surface area contributed by atoms with E-state index in [2.05, 4.69) is 10.3 Å². The molecule has 0 bridgehead atoms. The van der Waals surface area contributed by atoms with Crippen molar-refractivity contribution in [3.63, 3.8) is 0 Å². The summed E-state index contributed by atoms with van der Waals surface area (Å²) in [6.07, 6.45) is 9.08. The maximum Gasteiger partial charge on any atom is 0.172 e. The molecule has 4 nitrogen and oxygen atoms in total. The van der Waals surface area contributed by atoms with Gasteiger partial charge in [0.15, 0.2) is 6.29 Å². The summed E-state index contributed by atoms with van der Waals surface area (Å²) in [5.41, 5.74) is 1.95. The van der Waals surface area contributed by atoms with Crippen LogP contribution in [0.5, 0.6) is 0 Å². The molecule has 3 rings (SSSR count). The number of carbonyl (C=O) groups is 1. The summed E-state index contributed by atoms with van der Waals surface area (Å²) in [5.74, 6) is 0.438. The summed E-state index contributed by atoms with van der Waals surface area (Å²) >= 11 is 0. The van der Waals surface area contributed by atoms with Crippen LogP contribution in [0.3, 0.4) is 0 Å². The first kappa shape index (κ1) is 14.9. The summed E-state index contributed by atoms with van der Waals surface area (Å²) in [6, 6.07) is 6.09. The Morgan fingerprint density at radius 3 is 2.59 bits per heavy atom. The second-order valence-corrected chi connectivity index (χ2v) is 5.97. The third kappa shape index (κ3) is 3.24. The Morgan fingerprint density at radius 1 is 1.18 bits per heavy atom. The van der Waals surface area contributed by atoms with Gasteiger partial charge in [-0.25, -0.2) is 9.07 Å². The minimum absolute atomic E-state index is 0.289. The van der Waals surface area contributed by atoms with Gasteiger partial charge in [0, 0.05) is 0 Å². The number of hydrogen-bond donors (Lipinski definition) is 0. The lowest BCUT2D eigenvalue weighted by atomic mass is 9.85. The van der Waals surface area contributed by atoms with Crippen molar-refractivity contribution in [3.05, 3.63) is 41.5 Å². The second kappa shape index (κ2) is 6.81. The van der Waals surface area contributed by atoms with Crippen molar-refractivity contribution in [1.82, 2.24) is 15.0 Å². The molecule has 1 heterocycles. The van der Waals surface area contributed by atoms with Gasteiger partial charge >= 0.3 is 0 Å². The molecule has 1 fully saturated rings. The van der Waals surface area contributed by atoms with Crippen molar-refractivity contribution in [2.45, 2.75) is 44.9 Å². The van der Waals surface area contributed by atoms with Gasteiger partial charge in [-0.05, 0) is 43.0 Å². The highest BCUT2D eigenvalue weighted by Gasteiger charge is 2.18. The van der Waals surface area contributed by atoms with Crippen molar-refractivity contribution in [2.75, 3.05) is 0 Å². The fourth-order valence-electron chi connectivity index (χ4n) is 3.25. The first-order chi connectivity index (χ1) is 10.8. The monoisotopic (exact) mass is 301 g/mol. The maximum atomic E-state index is 13.1. The number of aldehydes is 1. The molecule has 0 atom stereocenters. The molecule has 116 valence electrons. The van der Waals surface area contributed by atoms with Crippen LogP contribution in [0.2, 0.25) is 0 Å². The van der Waals surface area contributed by atoms with Gasteiger partial charge in [-0.2, -0.15) is 0 Å². The van der Waals surface area contributed by atoms with Crippen molar-refractivity contribution in [2.24, 2.45) is 5.92 Å². The van der Waals surface area contributed by atoms with Crippen LogP contribution in [0, 0.1) is 11.7 Å². The van der Waals surface area contributed by atoms with Gasteiger partial charge in [0.25, 0.3) is 0 Å². The largest absolute Gasteiger partial charge is 0.296 e. The molecule has 0 spiro atoms. The lowest BCUT2D eigenvalue weighted by Gasteiger charge is -2.21. The SMILES string of the molecule is O=Cc1nnn(-c2ccc(F)cc2)c1CCC1CCCCC1. The molecule has 1 aromatic heterocycles. The minimum atomic E-state index is -0.289. The zero-order chi connectivity index (χ0) is 15.4. The molecule has 0 unspecified atom stereocenters. The van der Waals surface area contributed by atoms with E-state index in [1.54, 1.807) is 16.8 Å². The van der Waals surface area contributed by atoms with Crippen molar-refractivity contribution < 1.29 is 9.18 Å². The number of carbonyl (C=O) groups excluding carboxylic acids is 1. The minimum Gasteiger partial charge on any atom is -0.296 e. The van der Waals surface area contributed by atoms with Crippen molar-refractivity contribution >= 4 is 6.29 Å². The lowest BCUT2D eigenvalue weighted by molar-refractivity contribution is 0.111. The van der Waals surface area contributed by atoms with Crippen molar-refractivity contribution in [3.8, 4) is 5.69 Å². The highest BCUT2D eigenvalue weighted by molar-refractivity contribution is 5.73. The Bertz CT molecular complexity index is 630. The van der Waals surface area contributed by atoms with Crippen LogP contribution in [0.25, 0.3) is 5.69 Å². The average Bonchev–Trinajstić information content (AvgIpc) is 2.97. The number of hydrogen-bond acceptors (Lipinski definition) is 3. The fraction of sp³-hybridized carbons (Fsp3) is 0.471. The maximum absolute atomic E-state index is 13.1. The molecular weight excluding hydrogens is 281 g/mol. The van der Waals surface area contributed by atoms with Gasteiger partial charge in [0.2, 0.25) is 0 Å². The summed E-state index contributed by atoms with van der Waals surface area (Å²) in [6.45, 7) is 0. The Hall–Kier alpha value is -2.04. The van der Waals surface area contributed by atoms with E-state index in [1.165, 1.54) is 44.2 Å². The smallest absolute Gasteiger partial charge is 0.172 e. The van der Waals surface area contributed by atoms with E-state index in [9.17, 15) is 9.18 Å². The summed E-state index contributed by atoms with van der Waals surface area (Å²) < 4.78 is 14.7. The van der Waals surface area contributed by atoms with Crippen LogP contribution in [0.4, 0.5) is 4.39 Å². The summed E-state index contributed by atoms with van der Waals surface area (Å²) in [4.78, 5) is 11.2. The van der Waals surface area contributed by atoms with Gasteiger partial charge in [-0.3, -0.25) is 4.79 Å². The number of benzene rings is 1. The Labute approximate surface area is 129 Å². The number of halogens is 1. The van der Waals surface area contributed by atoms with Crippen LogP contribution in [0.1, 0.15) is 54.7 Å².